The average molecular weight is 527 g/mol. The molecule has 7 nitrogen and oxygen atoms in total. The van der Waals surface area contributed by atoms with Gasteiger partial charge in [-0.3, -0.25) is 9.78 Å². The number of aromatic nitrogens is 2. The van der Waals surface area contributed by atoms with Crippen molar-refractivity contribution >= 4 is 10.9 Å². The van der Waals surface area contributed by atoms with Crippen LogP contribution in [0.4, 0.5) is 4.39 Å². The van der Waals surface area contributed by atoms with Crippen LogP contribution in [0, 0.1) is 5.82 Å². The quantitative estimate of drug-likeness (QED) is 0.296. The molecule has 0 amide bonds. The van der Waals surface area contributed by atoms with E-state index < -0.39 is 0 Å². The van der Waals surface area contributed by atoms with Crippen LogP contribution in [0.2, 0.25) is 0 Å². The summed E-state index contributed by atoms with van der Waals surface area (Å²) in [4.78, 5) is 17.6. The van der Waals surface area contributed by atoms with Crippen LogP contribution in [0.1, 0.15) is 35.6 Å². The van der Waals surface area contributed by atoms with Gasteiger partial charge in [-0.2, -0.15) is 0 Å². The standard InChI is InChI=1S/C31H27FN2O5/c32-24-3-1-20(2-4-24)17-34-29-13-26(5-6-27(29)28(14-31(34)36)22-7-9-37-19-22)39-18-21-11-23(16-33-15-21)30-12-25(35)8-10-38-30/h1-7,9,11,13-16,19,25,30,35H,8,10,12,17-18H2. The number of hydrogen-bond donors (Lipinski definition) is 1. The van der Waals surface area contributed by atoms with E-state index in [9.17, 15) is 14.3 Å². The molecule has 39 heavy (non-hydrogen) atoms. The number of aliphatic hydroxyl groups is 1. The van der Waals surface area contributed by atoms with E-state index in [2.05, 4.69) is 4.98 Å². The molecule has 4 heterocycles. The lowest BCUT2D eigenvalue weighted by atomic mass is 10.00. The maximum Gasteiger partial charge on any atom is 0.251 e. The molecule has 0 aliphatic carbocycles. The molecule has 8 heteroatoms. The molecule has 2 atom stereocenters. The number of halogens is 1. The van der Waals surface area contributed by atoms with Gasteiger partial charge in [0.2, 0.25) is 0 Å². The molecule has 0 spiro atoms. The summed E-state index contributed by atoms with van der Waals surface area (Å²) in [6.07, 6.45) is 7.30. The number of pyridine rings is 2. The van der Waals surface area contributed by atoms with Crippen LogP contribution < -0.4 is 10.3 Å². The fourth-order valence-electron chi connectivity index (χ4n) is 4.98. The first-order valence-electron chi connectivity index (χ1n) is 12.8. The van der Waals surface area contributed by atoms with Gasteiger partial charge in [-0.1, -0.05) is 12.1 Å². The smallest absolute Gasteiger partial charge is 0.251 e. The van der Waals surface area contributed by atoms with E-state index in [4.69, 9.17) is 13.9 Å². The second-order valence-electron chi connectivity index (χ2n) is 9.75. The third kappa shape index (κ3) is 5.48. The van der Waals surface area contributed by atoms with Gasteiger partial charge in [0.25, 0.3) is 5.56 Å². The van der Waals surface area contributed by atoms with E-state index >= 15 is 0 Å². The van der Waals surface area contributed by atoms with Gasteiger partial charge in [0, 0.05) is 54.1 Å². The van der Waals surface area contributed by atoms with Crippen molar-refractivity contribution in [3.8, 4) is 16.9 Å². The minimum absolute atomic E-state index is 0.188. The van der Waals surface area contributed by atoms with Crippen LogP contribution >= 0.6 is 0 Å². The maximum absolute atomic E-state index is 13.5. The molecule has 1 saturated heterocycles. The van der Waals surface area contributed by atoms with Gasteiger partial charge in [-0.05, 0) is 59.5 Å². The predicted molar refractivity (Wildman–Crippen MR) is 144 cm³/mol. The van der Waals surface area contributed by atoms with Crippen LogP contribution in [-0.2, 0) is 17.9 Å². The number of hydrogen-bond acceptors (Lipinski definition) is 6. The molecule has 0 saturated carbocycles. The predicted octanol–water partition coefficient (Wildman–Crippen LogP) is 5.64. The monoisotopic (exact) mass is 526 g/mol. The number of aliphatic hydroxyl groups excluding tert-OH is 1. The number of benzene rings is 2. The van der Waals surface area contributed by atoms with Crippen molar-refractivity contribution in [3.05, 3.63) is 118 Å². The van der Waals surface area contributed by atoms with Crippen molar-refractivity contribution in [1.29, 1.82) is 0 Å². The Labute approximate surface area is 224 Å². The Bertz CT molecular complexity index is 1650. The van der Waals surface area contributed by atoms with Crippen LogP contribution in [0.25, 0.3) is 22.0 Å². The Kier molecular flexibility index (Phi) is 6.96. The number of ether oxygens (including phenoxy) is 2. The number of fused-ring (bicyclic) bond motifs is 1. The summed E-state index contributed by atoms with van der Waals surface area (Å²) >= 11 is 0. The van der Waals surface area contributed by atoms with Gasteiger partial charge in [-0.25, -0.2) is 4.39 Å². The van der Waals surface area contributed by atoms with Crippen LogP contribution in [0.15, 0.2) is 94.8 Å². The lowest BCUT2D eigenvalue weighted by Crippen LogP contribution is -2.23. The molecule has 1 N–H and O–H groups in total. The largest absolute Gasteiger partial charge is 0.489 e. The Balaban J connectivity index is 1.32. The van der Waals surface area contributed by atoms with Gasteiger partial charge < -0.3 is 23.6 Å². The van der Waals surface area contributed by atoms with Crippen molar-refractivity contribution in [3.63, 3.8) is 0 Å². The fraction of sp³-hybridized carbons (Fsp3) is 0.226. The molecule has 2 aromatic carbocycles. The number of nitrogens with zero attached hydrogens (tertiary/aromatic N) is 2. The van der Waals surface area contributed by atoms with Gasteiger partial charge in [-0.15, -0.1) is 0 Å². The number of furan rings is 1. The summed E-state index contributed by atoms with van der Waals surface area (Å²) in [6.45, 7) is 1.07. The highest BCUT2D eigenvalue weighted by atomic mass is 19.1. The first-order chi connectivity index (χ1) is 19.0. The second-order valence-corrected chi connectivity index (χ2v) is 9.75. The summed E-state index contributed by atoms with van der Waals surface area (Å²) in [7, 11) is 0. The van der Waals surface area contributed by atoms with Crippen molar-refractivity contribution < 1.29 is 23.4 Å². The van der Waals surface area contributed by atoms with E-state index in [1.807, 2.05) is 30.3 Å². The van der Waals surface area contributed by atoms with Crippen LogP contribution in [0.5, 0.6) is 5.75 Å². The van der Waals surface area contributed by atoms with E-state index in [1.54, 1.807) is 47.7 Å². The van der Waals surface area contributed by atoms with E-state index in [0.717, 1.165) is 33.2 Å². The van der Waals surface area contributed by atoms with Crippen molar-refractivity contribution in [2.45, 2.75) is 38.2 Å². The molecule has 3 aromatic heterocycles. The topological polar surface area (TPSA) is 86.7 Å². The molecular formula is C31H27FN2O5. The summed E-state index contributed by atoms with van der Waals surface area (Å²) in [6, 6.07) is 17.2. The summed E-state index contributed by atoms with van der Waals surface area (Å²) in [5.74, 6) is 0.264. The van der Waals surface area contributed by atoms with Gasteiger partial charge in [0.15, 0.2) is 0 Å². The molecule has 0 radical (unpaired) electrons. The van der Waals surface area contributed by atoms with Crippen molar-refractivity contribution in [2.75, 3.05) is 6.61 Å². The Morgan fingerprint density at radius 3 is 2.72 bits per heavy atom. The molecule has 1 aliphatic rings. The minimum atomic E-state index is -0.374. The lowest BCUT2D eigenvalue weighted by Gasteiger charge is -2.26. The Morgan fingerprint density at radius 1 is 1.05 bits per heavy atom. The summed E-state index contributed by atoms with van der Waals surface area (Å²) in [5, 5.41) is 10.9. The highest BCUT2D eigenvalue weighted by Crippen LogP contribution is 2.31. The average Bonchev–Trinajstić information content (AvgIpc) is 3.49. The van der Waals surface area contributed by atoms with Gasteiger partial charge in [0.05, 0.1) is 36.8 Å². The highest BCUT2D eigenvalue weighted by molar-refractivity contribution is 5.95. The Morgan fingerprint density at radius 2 is 1.92 bits per heavy atom. The van der Waals surface area contributed by atoms with E-state index in [1.165, 1.54) is 12.1 Å². The summed E-state index contributed by atoms with van der Waals surface area (Å²) < 4.78 is 32.4. The molecule has 1 aliphatic heterocycles. The molecule has 1 fully saturated rings. The molecule has 5 aromatic rings. The second kappa shape index (κ2) is 10.8. The first kappa shape index (κ1) is 25.0. The van der Waals surface area contributed by atoms with Crippen molar-refractivity contribution in [1.82, 2.24) is 9.55 Å². The molecular weight excluding hydrogens is 499 g/mol. The third-order valence-corrected chi connectivity index (χ3v) is 7.02. The maximum atomic E-state index is 13.5. The molecule has 2 unspecified atom stereocenters. The van der Waals surface area contributed by atoms with Crippen LogP contribution in [-0.4, -0.2) is 27.4 Å². The molecule has 6 rings (SSSR count). The van der Waals surface area contributed by atoms with Crippen LogP contribution in [0.3, 0.4) is 0 Å². The van der Waals surface area contributed by atoms with Crippen molar-refractivity contribution in [2.24, 2.45) is 0 Å². The number of rotatable bonds is 7. The SMILES string of the molecule is O=c1cc(-c2ccoc2)c2ccc(OCc3cncc(C4CC(O)CCO4)c3)cc2n1Cc1ccc(F)cc1. The lowest BCUT2D eigenvalue weighted by molar-refractivity contribution is -0.0449. The zero-order valence-corrected chi connectivity index (χ0v) is 21.1. The molecule has 198 valence electrons. The minimum Gasteiger partial charge on any atom is -0.489 e. The van der Waals surface area contributed by atoms with Gasteiger partial charge in [0.1, 0.15) is 18.2 Å². The van der Waals surface area contributed by atoms with Gasteiger partial charge >= 0.3 is 0 Å². The van der Waals surface area contributed by atoms with E-state index in [-0.39, 0.29) is 36.7 Å². The van der Waals surface area contributed by atoms with E-state index in [0.29, 0.717) is 30.7 Å². The third-order valence-electron chi connectivity index (χ3n) is 7.02. The highest BCUT2D eigenvalue weighted by Gasteiger charge is 2.23. The molecule has 0 bridgehead atoms. The Hall–Kier alpha value is -4.27. The normalized spacial score (nSPS) is 17.4. The zero-order chi connectivity index (χ0) is 26.8. The summed E-state index contributed by atoms with van der Waals surface area (Å²) in [5.41, 5.74) is 4.65. The fourth-order valence-corrected chi connectivity index (χ4v) is 4.98. The first-order valence-corrected chi connectivity index (χ1v) is 12.8. The zero-order valence-electron chi connectivity index (χ0n) is 21.1.